The van der Waals surface area contributed by atoms with Crippen LogP contribution >= 0.6 is 0 Å². The Balaban J connectivity index is 1.42. The number of methoxy groups -OCH3 is 1. The molecule has 4 aliphatic carbocycles. The van der Waals surface area contributed by atoms with Crippen molar-refractivity contribution >= 4 is 5.78 Å². The molecule has 0 amide bonds. The van der Waals surface area contributed by atoms with Crippen LogP contribution in [0.4, 0.5) is 0 Å². The Kier molecular flexibility index (Phi) is 5.32. The van der Waals surface area contributed by atoms with Crippen molar-refractivity contribution in [3.05, 3.63) is 30.1 Å². The lowest BCUT2D eigenvalue weighted by Gasteiger charge is -2.61. The van der Waals surface area contributed by atoms with Crippen molar-refractivity contribution in [1.82, 2.24) is 4.98 Å². The molecule has 0 aromatic carbocycles. The van der Waals surface area contributed by atoms with E-state index in [-0.39, 0.29) is 11.3 Å². The van der Waals surface area contributed by atoms with Gasteiger partial charge in [0.2, 0.25) is 0 Å². The van der Waals surface area contributed by atoms with Crippen LogP contribution in [0.2, 0.25) is 0 Å². The van der Waals surface area contributed by atoms with Crippen LogP contribution in [0, 0.1) is 46.3 Å². The number of nitrogens with zero attached hydrogens (tertiary/aromatic N) is 1. The van der Waals surface area contributed by atoms with Gasteiger partial charge in [-0.25, -0.2) is 0 Å². The fourth-order valence-electron chi connectivity index (χ4n) is 8.93. The van der Waals surface area contributed by atoms with Crippen molar-refractivity contribution in [2.75, 3.05) is 13.7 Å². The fraction of sp³-hybridized carbons (Fsp3) is 0.778. The highest BCUT2D eigenvalue weighted by Crippen LogP contribution is 2.68. The molecule has 1 aromatic rings. The number of pyridine rings is 1. The number of fused-ring (bicyclic) bond motifs is 5. The fourth-order valence-corrected chi connectivity index (χ4v) is 8.93. The maximum atomic E-state index is 13.4. The van der Waals surface area contributed by atoms with Gasteiger partial charge in [0.25, 0.3) is 0 Å². The smallest absolute Gasteiger partial charge is 0.184 e. The molecular formula is C27H39NO2. The van der Waals surface area contributed by atoms with E-state index in [0.717, 1.165) is 36.7 Å². The molecule has 4 fully saturated rings. The highest BCUT2D eigenvalue weighted by atomic mass is 16.5. The summed E-state index contributed by atoms with van der Waals surface area (Å²) < 4.78 is 5.92. The first-order valence-corrected chi connectivity index (χ1v) is 12.4. The van der Waals surface area contributed by atoms with Crippen molar-refractivity contribution in [2.24, 2.45) is 46.3 Å². The topological polar surface area (TPSA) is 39.2 Å². The normalized spacial score (nSPS) is 45.3. The van der Waals surface area contributed by atoms with Crippen molar-refractivity contribution in [1.29, 1.82) is 0 Å². The van der Waals surface area contributed by atoms with Gasteiger partial charge in [0.05, 0.1) is 6.61 Å². The van der Waals surface area contributed by atoms with Crippen LogP contribution < -0.4 is 0 Å². The molecule has 3 nitrogen and oxygen atoms in total. The maximum absolute atomic E-state index is 13.4. The highest BCUT2D eigenvalue weighted by Gasteiger charge is 2.62. The number of aromatic nitrogens is 1. The van der Waals surface area contributed by atoms with E-state index in [4.69, 9.17) is 4.74 Å². The number of carbonyl (C=O) groups is 1. The number of rotatable bonds is 4. The number of Topliss-reactive ketones (excluding diaryl/α,β-unsaturated/α-hetero) is 1. The van der Waals surface area contributed by atoms with Gasteiger partial charge < -0.3 is 4.74 Å². The van der Waals surface area contributed by atoms with Crippen LogP contribution in [0.3, 0.4) is 0 Å². The molecule has 8 unspecified atom stereocenters. The molecule has 0 bridgehead atoms. The summed E-state index contributed by atoms with van der Waals surface area (Å²) in [5.74, 6) is 4.45. The molecule has 8 atom stereocenters. The number of carbonyl (C=O) groups excluding carboxylic acids is 1. The van der Waals surface area contributed by atoms with E-state index in [1.54, 1.807) is 6.20 Å². The molecule has 0 aliphatic heterocycles. The van der Waals surface area contributed by atoms with Crippen LogP contribution in [0.25, 0.3) is 0 Å². The summed E-state index contributed by atoms with van der Waals surface area (Å²) in [5, 5.41) is 0. The van der Waals surface area contributed by atoms with Gasteiger partial charge >= 0.3 is 0 Å². The largest absolute Gasteiger partial charge is 0.384 e. The molecule has 0 N–H and O–H groups in total. The molecule has 164 valence electrons. The Hall–Kier alpha value is -1.22. The van der Waals surface area contributed by atoms with Gasteiger partial charge in [0.1, 0.15) is 5.69 Å². The molecule has 5 rings (SSSR count). The lowest BCUT2D eigenvalue weighted by molar-refractivity contribution is -0.149. The van der Waals surface area contributed by atoms with Crippen molar-refractivity contribution < 1.29 is 9.53 Å². The molecular weight excluding hydrogens is 370 g/mol. The zero-order chi connectivity index (χ0) is 20.9. The van der Waals surface area contributed by atoms with Crippen molar-refractivity contribution in [3.63, 3.8) is 0 Å². The average molecular weight is 410 g/mol. The van der Waals surface area contributed by atoms with Crippen LogP contribution in [-0.4, -0.2) is 24.5 Å². The van der Waals surface area contributed by atoms with Gasteiger partial charge in [-0.05, 0) is 104 Å². The van der Waals surface area contributed by atoms with Gasteiger partial charge in [-0.15, -0.1) is 0 Å². The van der Waals surface area contributed by atoms with Gasteiger partial charge in [-0.3, -0.25) is 9.78 Å². The lowest BCUT2D eigenvalue weighted by atomic mass is 9.44. The molecule has 0 radical (unpaired) electrons. The second-order valence-electron chi connectivity index (χ2n) is 11.5. The van der Waals surface area contributed by atoms with Gasteiger partial charge in [-0.1, -0.05) is 26.3 Å². The average Bonchev–Trinajstić information content (AvgIpc) is 3.11. The number of hydrogen-bond acceptors (Lipinski definition) is 3. The van der Waals surface area contributed by atoms with E-state index >= 15 is 0 Å². The maximum Gasteiger partial charge on any atom is 0.184 e. The SMILES string of the molecule is COCC12CCC(C)CC1CCC1C3CCC(C(=O)c4ccccn4)C3(C)CCC12. The van der Waals surface area contributed by atoms with Crippen LogP contribution in [0.1, 0.15) is 82.1 Å². The van der Waals surface area contributed by atoms with E-state index < -0.39 is 0 Å². The Labute approximate surface area is 182 Å². The summed E-state index contributed by atoms with van der Waals surface area (Å²) in [5.41, 5.74) is 1.22. The molecule has 3 heteroatoms. The number of ketones is 1. The van der Waals surface area contributed by atoms with Gasteiger partial charge in [0, 0.05) is 19.2 Å². The third-order valence-corrected chi connectivity index (χ3v) is 10.3. The van der Waals surface area contributed by atoms with E-state index in [9.17, 15) is 4.79 Å². The predicted molar refractivity (Wildman–Crippen MR) is 119 cm³/mol. The Morgan fingerprint density at radius 2 is 1.97 bits per heavy atom. The molecule has 30 heavy (non-hydrogen) atoms. The molecule has 4 aliphatic rings. The van der Waals surface area contributed by atoms with Crippen LogP contribution in [-0.2, 0) is 4.74 Å². The first-order chi connectivity index (χ1) is 14.5. The molecule has 0 saturated heterocycles. The quantitative estimate of drug-likeness (QED) is 0.557. The predicted octanol–water partition coefficient (Wildman–Crippen LogP) is 6.19. The van der Waals surface area contributed by atoms with Crippen LogP contribution in [0.15, 0.2) is 24.4 Å². The Morgan fingerprint density at radius 1 is 1.10 bits per heavy atom. The molecule has 1 heterocycles. The Bertz CT molecular complexity index is 778. The first kappa shape index (κ1) is 20.7. The minimum Gasteiger partial charge on any atom is -0.384 e. The van der Waals surface area contributed by atoms with Crippen molar-refractivity contribution in [2.45, 2.75) is 71.6 Å². The number of ether oxygens (including phenoxy) is 1. The summed E-state index contributed by atoms with van der Waals surface area (Å²) in [7, 11) is 1.91. The summed E-state index contributed by atoms with van der Waals surface area (Å²) in [6, 6.07) is 5.76. The first-order valence-electron chi connectivity index (χ1n) is 12.4. The highest BCUT2D eigenvalue weighted by molar-refractivity contribution is 5.96. The standard InChI is InChI=1S/C27H39NO2/c1-18-11-14-27(17-30-3)19(16-18)7-8-20-21-9-10-23(26(21,2)13-12-22(20)27)25(29)24-6-4-5-15-28-24/h4-6,15,18-23H,7-14,16-17H2,1-3H3. The minimum absolute atomic E-state index is 0.152. The molecule has 0 spiro atoms. The van der Waals surface area contributed by atoms with E-state index in [2.05, 4.69) is 18.8 Å². The lowest BCUT2D eigenvalue weighted by Crippen LogP contribution is -2.56. The van der Waals surface area contributed by atoms with Gasteiger partial charge in [-0.2, -0.15) is 0 Å². The summed E-state index contributed by atoms with van der Waals surface area (Å²) in [6.45, 7) is 5.85. The Morgan fingerprint density at radius 3 is 2.73 bits per heavy atom. The molecule has 1 aromatic heterocycles. The second kappa shape index (κ2) is 7.73. The zero-order valence-electron chi connectivity index (χ0n) is 19.1. The summed E-state index contributed by atoms with van der Waals surface area (Å²) >= 11 is 0. The monoisotopic (exact) mass is 409 g/mol. The minimum atomic E-state index is 0.152. The van der Waals surface area contributed by atoms with Gasteiger partial charge in [0.15, 0.2) is 5.78 Å². The zero-order valence-corrected chi connectivity index (χ0v) is 19.1. The number of hydrogen-bond donors (Lipinski definition) is 0. The second-order valence-corrected chi connectivity index (χ2v) is 11.5. The molecule has 4 saturated carbocycles. The third kappa shape index (κ3) is 3.02. The van der Waals surface area contributed by atoms with E-state index in [1.807, 2.05) is 25.3 Å². The van der Waals surface area contributed by atoms with Crippen molar-refractivity contribution in [3.8, 4) is 0 Å². The van der Waals surface area contributed by atoms with E-state index in [0.29, 0.717) is 22.8 Å². The summed E-state index contributed by atoms with van der Waals surface area (Å²) in [4.78, 5) is 17.8. The third-order valence-electron chi connectivity index (χ3n) is 10.3. The van der Waals surface area contributed by atoms with E-state index in [1.165, 1.54) is 51.4 Å². The van der Waals surface area contributed by atoms with Crippen LogP contribution in [0.5, 0.6) is 0 Å². The summed E-state index contributed by atoms with van der Waals surface area (Å²) in [6.07, 6.45) is 13.4.